The molecule has 0 radical (unpaired) electrons. The van der Waals surface area contributed by atoms with E-state index in [1.165, 1.54) is 0 Å². The van der Waals surface area contributed by atoms with Crippen LogP contribution >= 0.6 is 0 Å². The summed E-state index contributed by atoms with van der Waals surface area (Å²) in [5.41, 5.74) is 5.34. The molecule has 0 bridgehead atoms. The Morgan fingerprint density at radius 2 is 2.44 bits per heavy atom. The molecule has 9 heavy (non-hydrogen) atoms. The summed E-state index contributed by atoms with van der Waals surface area (Å²) in [6, 6.07) is 0. The van der Waals surface area contributed by atoms with Gasteiger partial charge in [0.15, 0.2) is 0 Å². The van der Waals surface area contributed by atoms with E-state index in [0.717, 1.165) is 12.8 Å². The molecule has 0 saturated carbocycles. The van der Waals surface area contributed by atoms with Gasteiger partial charge in [-0.25, -0.2) is 0 Å². The maximum Gasteiger partial charge on any atom is 0.266 e. The van der Waals surface area contributed by atoms with Crippen LogP contribution in [0, 0.1) is 0 Å². The average Bonchev–Trinajstić information content (AvgIpc) is 1.90. The van der Waals surface area contributed by atoms with Gasteiger partial charge in [-0.1, -0.05) is 6.08 Å². The van der Waals surface area contributed by atoms with Gasteiger partial charge in [0.2, 0.25) is 0 Å². The van der Waals surface area contributed by atoms with Gasteiger partial charge in [-0.15, -0.1) is 0 Å². The highest BCUT2D eigenvalue weighted by Crippen LogP contribution is 2.04. The molecule has 0 atom stereocenters. The lowest BCUT2D eigenvalue weighted by atomic mass is 10.2. The molecule has 1 amide bonds. The number of primary amides is 1. The van der Waals surface area contributed by atoms with Gasteiger partial charge in [0, 0.05) is 6.21 Å². The van der Waals surface area contributed by atoms with Gasteiger partial charge >= 0.3 is 0 Å². The van der Waals surface area contributed by atoms with Crippen LogP contribution in [0.2, 0.25) is 0 Å². The smallest absolute Gasteiger partial charge is 0.266 e. The highest BCUT2D eigenvalue weighted by Gasteiger charge is 2.02. The first kappa shape index (κ1) is 6.01. The van der Waals surface area contributed by atoms with Crippen LogP contribution in [-0.2, 0) is 4.79 Å². The topological polar surface area (TPSA) is 55.5 Å². The Labute approximate surface area is 53.3 Å². The molecule has 0 saturated heterocycles. The standard InChI is InChI=1S/C6H8N2O/c7-6(9)5-3-1-2-4-8-5/h3-4H,1-2H2,(H2,7,9). The first-order valence-corrected chi connectivity index (χ1v) is 2.83. The molecule has 0 aromatic heterocycles. The SMILES string of the molecule is NC(=O)C1=CCCC=N1. The Morgan fingerprint density at radius 3 is 2.78 bits per heavy atom. The summed E-state index contributed by atoms with van der Waals surface area (Å²) in [5, 5.41) is 0. The molecule has 1 rings (SSSR count). The van der Waals surface area contributed by atoms with Gasteiger partial charge in [0.05, 0.1) is 0 Å². The van der Waals surface area contributed by atoms with E-state index in [0.29, 0.717) is 5.70 Å². The number of amides is 1. The molecule has 0 aromatic carbocycles. The lowest BCUT2D eigenvalue weighted by Gasteiger charge is -1.99. The van der Waals surface area contributed by atoms with Gasteiger partial charge in [0.25, 0.3) is 5.91 Å². The van der Waals surface area contributed by atoms with E-state index in [4.69, 9.17) is 5.73 Å². The van der Waals surface area contributed by atoms with Crippen molar-refractivity contribution in [2.75, 3.05) is 0 Å². The van der Waals surface area contributed by atoms with Crippen LogP contribution in [0.3, 0.4) is 0 Å². The normalized spacial score (nSPS) is 17.1. The predicted octanol–water partition coefficient (Wildman–Crippen LogP) is 0.220. The molecule has 3 nitrogen and oxygen atoms in total. The Kier molecular flexibility index (Phi) is 1.63. The van der Waals surface area contributed by atoms with Gasteiger partial charge < -0.3 is 5.73 Å². The molecule has 0 unspecified atom stereocenters. The van der Waals surface area contributed by atoms with E-state index in [-0.39, 0.29) is 0 Å². The van der Waals surface area contributed by atoms with Crippen molar-refractivity contribution in [2.45, 2.75) is 12.8 Å². The molecule has 0 aliphatic carbocycles. The molecule has 2 N–H and O–H groups in total. The maximum absolute atomic E-state index is 10.4. The van der Waals surface area contributed by atoms with Gasteiger partial charge in [-0.2, -0.15) is 0 Å². The van der Waals surface area contributed by atoms with Crippen molar-refractivity contribution in [3.8, 4) is 0 Å². The minimum absolute atomic E-state index is 0.390. The number of carbonyl (C=O) groups is 1. The molecule has 0 spiro atoms. The third-order valence-electron chi connectivity index (χ3n) is 1.12. The monoisotopic (exact) mass is 124 g/mol. The Morgan fingerprint density at radius 1 is 1.67 bits per heavy atom. The van der Waals surface area contributed by atoms with Crippen LogP contribution in [0.1, 0.15) is 12.8 Å². The van der Waals surface area contributed by atoms with Crippen molar-refractivity contribution in [3.63, 3.8) is 0 Å². The molecule has 3 heteroatoms. The molecular weight excluding hydrogens is 116 g/mol. The largest absolute Gasteiger partial charge is 0.364 e. The molecular formula is C6H8N2O. The Hall–Kier alpha value is -1.12. The van der Waals surface area contributed by atoms with E-state index in [9.17, 15) is 4.79 Å². The van der Waals surface area contributed by atoms with Crippen molar-refractivity contribution >= 4 is 12.1 Å². The van der Waals surface area contributed by atoms with Crippen LogP contribution in [0.25, 0.3) is 0 Å². The van der Waals surface area contributed by atoms with E-state index >= 15 is 0 Å². The molecule has 1 aliphatic rings. The second-order valence-electron chi connectivity index (χ2n) is 1.84. The molecule has 0 aromatic rings. The third kappa shape index (κ3) is 1.38. The lowest BCUT2D eigenvalue weighted by molar-refractivity contribution is -0.114. The van der Waals surface area contributed by atoms with E-state index in [2.05, 4.69) is 4.99 Å². The van der Waals surface area contributed by atoms with E-state index in [1.54, 1.807) is 12.3 Å². The van der Waals surface area contributed by atoms with Crippen molar-refractivity contribution < 1.29 is 4.79 Å². The summed E-state index contributed by atoms with van der Waals surface area (Å²) in [6.45, 7) is 0. The third-order valence-corrected chi connectivity index (χ3v) is 1.12. The second kappa shape index (κ2) is 2.44. The number of allylic oxidation sites excluding steroid dienone is 1. The minimum atomic E-state index is -0.439. The summed E-state index contributed by atoms with van der Waals surface area (Å²) in [4.78, 5) is 14.2. The summed E-state index contributed by atoms with van der Waals surface area (Å²) in [6.07, 6.45) is 5.25. The summed E-state index contributed by atoms with van der Waals surface area (Å²) < 4.78 is 0. The molecule has 48 valence electrons. The molecule has 0 fully saturated rings. The summed E-state index contributed by atoms with van der Waals surface area (Å²) in [7, 11) is 0. The van der Waals surface area contributed by atoms with Crippen LogP contribution in [0.4, 0.5) is 0 Å². The van der Waals surface area contributed by atoms with Crippen LogP contribution < -0.4 is 5.73 Å². The quantitative estimate of drug-likeness (QED) is 0.534. The lowest BCUT2D eigenvalue weighted by Crippen LogP contribution is -2.13. The average molecular weight is 124 g/mol. The van der Waals surface area contributed by atoms with Gasteiger partial charge in [0.1, 0.15) is 5.70 Å². The van der Waals surface area contributed by atoms with Crippen LogP contribution in [0.15, 0.2) is 16.8 Å². The number of hydrogen-bond acceptors (Lipinski definition) is 2. The van der Waals surface area contributed by atoms with Crippen molar-refractivity contribution in [1.82, 2.24) is 0 Å². The maximum atomic E-state index is 10.4. The van der Waals surface area contributed by atoms with Crippen molar-refractivity contribution in [2.24, 2.45) is 10.7 Å². The fraction of sp³-hybridized carbons (Fsp3) is 0.333. The number of carbonyl (C=O) groups excluding carboxylic acids is 1. The zero-order chi connectivity index (χ0) is 6.69. The van der Waals surface area contributed by atoms with E-state index < -0.39 is 5.91 Å². The van der Waals surface area contributed by atoms with Crippen LogP contribution in [0.5, 0.6) is 0 Å². The number of rotatable bonds is 1. The second-order valence-corrected chi connectivity index (χ2v) is 1.84. The Bertz CT molecular complexity index is 181. The number of hydrogen-bond donors (Lipinski definition) is 1. The van der Waals surface area contributed by atoms with Gasteiger partial charge in [-0.05, 0) is 12.8 Å². The highest BCUT2D eigenvalue weighted by atomic mass is 16.1. The fourth-order valence-electron chi connectivity index (χ4n) is 0.674. The zero-order valence-electron chi connectivity index (χ0n) is 5.00. The van der Waals surface area contributed by atoms with E-state index in [1.807, 2.05) is 0 Å². The number of aliphatic imine (C=N–C) groups is 1. The minimum Gasteiger partial charge on any atom is -0.364 e. The number of nitrogens with zero attached hydrogens (tertiary/aromatic N) is 1. The van der Waals surface area contributed by atoms with Crippen molar-refractivity contribution in [3.05, 3.63) is 11.8 Å². The number of nitrogens with two attached hydrogens (primary N) is 1. The molecule has 1 heterocycles. The fourth-order valence-corrected chi connectivity index (χ4v) is 0.674. The first-order valence-electron chi connectivity index (χ1n) is 2.83. The molecule has 1 aliphatic heterocycles. The predicted molar refractivity (Wildman–Crippen MR) is 35.0 cm³/mol. The summed E-state index contributed by atoms with van der Waals surface area (Å²) >= 11 is 0. The van der Waals surface area contributed by atoms with Crippen LogP contribution in [-0.4, -0.2) is 12.1 Å². The van der Waals surface area contributed by atoms with Gasteiger partial charge in [-0.3, -0.25) is 9.79 Å². The first-order chi connectivity index (χ1) is 4.30. The highest BCUT2D eigenvalue weighted by molar-refractivity contribution is 5.93. The zero-order valence-corrected chi connectivity index (χ0v) is 5.00. The summed E-state index contributed by atoms with van der Waals surface area (Å²) in [5.74, 6) is -0.439. The Balaban J connectivity index is 2.69. The van der Waals surface area contributed by atoms with Crippen molar-refractivity contribution in [1.29, 1.82) is 0 Å².